The van der Waals surface area contributed by atoms with Gasteiger partial charge in [-0.1, -0.05) is 38.1 Å². The molecule has 1 aromatic rings. The van der Waals surface area contributed by atoms with Crippen molar-refractivity contribution < 1.29 is 14.6 Å². The normalized spacial score (nSPS) is 31.0. The molecule has 3 heteroatoms. The van der Waals surface area contributed by atoms with Gasteiger partial charge in [0.1, 0.15) is 0 Å². The zero-order valence-corrected chi connectivity index (χ0v) is 13.0. The molecule has 116 valence electrons. The molecule has 21 heavy (non-hydrogen) atoms. The lowest BCUT2D eigenvalue weighted by Gasteiger charge is -2.39. The van der Waals surface area contributed by atoms with Crippen LogP contribution in [0.5, 0.6) is 0 Å². The lowest BCUT2D eigenvalue weighted by atomic mass is 9.80. The van der Waals surface area contributed by atoms with E-state index in [-0.39, 0.29) is 11.5 Å². The van der Waals surface area contributed by atoms with Gasteiger partial charge in [0, 0.05) is 19.6 Å². The number of ether oxygens (including phenoxy) is 2. The second kappa shape index (κ2) is 6.07. The Morgan fingerprint density at radius 2 is 1.86 bits per heavy atom. The number of hydrogen-bond acceptors (Lipinski definition) is 3. The molecule has 2 heterocycles. The van der Waals surface area contributed by atoms with E-state index in [9.17, 15) is 5.11 Å². The summed E-state index contributed by atoms with van der Waals surface area (Å²) >= 11 is 0. The second-order valence-corrected chi connectivity index (χ2v) is 6.85. The Bertz CT molecular complexity index is 460. The van der Waals surface area contributed by atoms with Crippen molar-refractivity contribution in [1.82, 2.24) is 0 Å². The van der Waals surface area contributed by atoms with Gasteiger partial charge < -0.3 is 14.6 Å². The van der Waals surface area contributed by atoms with Crippen LogP contribution in [0.15, 0.2) is 24.3 Å². The zero-order valence-electron chi connectivity index (χ0n) is 13.0. The van der Waals surface area contributed by atoms with Gasteiger partial charge in [0.05, 0.1) is 18.3 Å². The van der Waals surface area contributed by atoms with Gasteiger partial charge in [0.25, 0.3) is 0 Å². The van der Waals surface area contributed by atoms with Gasteiger partial charge in [-0.05, 0) is 35.8 Å². The van der Waals surface area contributed by atoms with Gasteiger partial charge in [-0.2, -0.15) is 0 Å². The predicted molar refractivity (Wildman–Crippen MR) is 82.3 cm³/mol. The Balaban J connectivity index is 1.70. The number of aliphatic hydroxyl groups is 1. The maximum Gasteiger partial charge on any atom is 0.0940 e. The molecule has 3 atom stereocenters. The van der Waals surface area contributed by atoms with Crippen LogP contribution in [-0.4, -0.2) is 30.5 Å². The van der Waals surface area contributed by atoms with Crippen molar-refractivity contribution in [2.45, 2.75) is 50.7 Å². The first kappa shape index (κ1) is 15.0. The fourth-order valence-corrected chi connectivity index (χ4v) is 3.55. The van der Waals surface area contributed by atoms with E-state index < -0.39 is 6.10 Å². The maximum absolute atomic E-state index is 10.7. The van der Waals surface area contributed by atoms with Gasteiger partial charge in [-0.3, -0.25) is 0 Å². The van der Waals surface area contributed by atoms with Crippen LogP contribution >= 0.6 is 0 Å². The highest BCUT2D eigenvalue weighted by molar-refractivity contribution is 5.26. The molecule has 3 rings (SSSR count). The van der Waals surface area contributed by atoms with Crippen molar-refractivity contribution in [3.8, 4) is 0 Å². The average molecular weight is 290 g/mol. The van der Waals surface area contributed by atoms with Gasteiger partial charge in [0.2, 0.25) is 0 Å². The first-order chi connectivity index (χ1) is 10.1. The first-order valence-electron chi connectivity index (χ1n) is 8.09. The molecule has 0 radical (unpaired) electrons. The molecule has 0 bridgehead atoms. The SMILES string of the molecule is CC(C)c1ccc(C(O)C2CCOC3(CCOC3)C2)cc1. The van der Waals surface area contributed by atoms with Crippen molar-refractivity contribution in [2.24, 2.45) is 5.92 Å². The minimum Gasteiger partial charge on any atom is -0.388 e. The highest BCUT2D eigenvalue weighted by Gasteiger charge is 2.42. The van der Waals surface area contributed by atoms with E-state index >= 15 is 0 Å². The number of benzene rings is 1. The van der Waals surface area contributed by atoms with Crippen molar-refractivity contribution in [3.05, 3.63) is 35.4 Å². The first-order valence-corrected chi connectivity index (χ1v) is 8.09. The van der Waals surface area contributed by atoms with Crippen molar-refractivity contribution >= 4 is 0 Å². The standard InChI is InChI=1S/C18H26O3/c1-13(2)14-3-5-15(6-4-14)17(19)16-7-9-21-18(11-16)8-10-20-12-18/h3-6,13,16-17,19H,7-12H2,1-2H3. The summed E-state index contributed by atoms with van der Waals surface area (Å²) in [5.74, 6) is 0.795. The van der Waals surface area contributed by atoms with Gasteiger partial charge in [0.15, 0.2) is 0 Å². The smallest absolute Gasteiger partial charge is 0.0940 e. The van der Waals surface area contributed by atoms with Gasteiger partial charge in [-0.25, -0.2) is 0 Å². The summed E-state index contributed by atoms with van der Waals surface area (Å²) in [6, 6.07) is 8.43. The van der Waals surface area contributed by atoms with E-state index in [2.05, 4.69) is 38.1 Å². The van der Waals surface area contributed by atoms with Gasteiger partial charge >= 0.3 is 0 Å². The molecule has 0 aromatic heterocycles. The molecule has 1 aromatic carbocycles. The Morgan fingerprint density at radius 1 is 1.14 bits per heavy atom. The van der Waals surface area contributed by atoms with Crippen LogP contribution in [0, 0.1) is 5.92 Å². The quantitative estimate of drug-likeness (QED) is 0.927. The fraction of sp³-hybridized carbons (Fsp3) is 0.667. The molecule has 3 unspecified atom stereocenters. The molecule has 2 aliphatic rings. The molecule has 2 aliphatic heterocycles. The third-order valence-electron chi connectivity index (χ3n) is 4.99. The Morgan fingerprint density at radius 3 is 2.48 bits per heavy atom. The topological polar surface area (TPSA) is 38.7 Å². The van der Waals surface area contributed by atoms with Crippen molar-refractivity contribution in [1.29, 1.82) is 0 Å². The summed E-state index contributed by atoms with van der Waals surface area (Å²) < 4.78 is 11.5. The maximum atomic E-state index is 10.7. The molecule has 3 nitrogen and oxygen atoms in total. The highest BCUT2D eigenvalue weighted by Crippen LogP contribution is 2.41. The van der Waals surface area contributed by atoms with Crippen LogP contribution in [0.1, 0.15) is 56.3 Å². The molecule has 0 aliphatic carbocycles. The van der Waals surface area contributed by atoms with E-state index in [1.807, 2.05) is 0 Å². The van der Waals surface area contributed by atoms with Crippen LogP contribution in [-0.2, 0) is 9.47 Å². The Kier molecular flexibility index (Phi) is 4.34. The lowest BCUT2D eigenvalue weighted by molar-refractivity contribution is -0.117. The second-order valence-electron chi connectivity index (χ2n) is 6.85. The summed E-state index contributed by atoms with van der Waals surface area (Å²) in [5, 5.41) is 10.7. The lowest BCUT2D eigenvalue weighted by Crippen LogP contribution is -2.41. The Labute approximate surface area is 127 Å². The van der Waals surface area contributed by atoms with Crippen LogP contribution in [0.25, 0.3) is 0 Å². The van der Waals surface area contributed by atoms with E-state index in [4.69, 9.17) is 9.47 Å². The summed E-state index contributed by atoms with van der Waals surface area (Å²) in [5.41, 5.74) is 2.21. The molecule has 1 N–H and O–H groups in total. The number of rotatable bonds is 3. The van der Waals surface area contributed by atoms with Crippen LogP contribution in [0.3, 0.4) is 0 Å². The summed E-state index contributed by atoms with van der Waals surface area (Å²) in [6.45, 7) is 6.57. The molecular weight excluding hydrogens is 264 g/mol. The van der Waals surface area contributed by atoms with Crippen LogP contribution in [0.2, 0.25) is 0 Å². The van der Waals surface area contributed by atoms with Crippen molar-refractivity contribution in [2.75, 3.05) is 19.8 Å². The van der Waals surface area contributed by atoms with E-state index in [0.717, 1.165) is 38.0 Å². The predicted octanol–water partition coefficient (Wildman–Crippen LogP) is 3.43. The number of aliphatic hydroxyl groups excluding tert-OH is 1. The molecule has 2 fully saturated rings. The minimum absolute atomic E-state index is 0.137. The summed E-state index contributed by atoms with van der Waals surface area (Å²) in [7, 11) is 0. The summed E-state index contributed by atoms with van der Waals surface area (Å²) in [4.78, 5) is 0. The van der Waals surface area contributed by atoms with Crippen LogP contribution in [0.4, 0.5) is 0 Å². The molecule has 1 spiro atoms. The molecular formula is C18H26O3. The molecule has 0 saturated carbocycles. The monoisotopic (exact) mass is 290 g/mol. The van der Waals surface area contributed by atoms with Crippen LogP contribution < -0.4 is 0 Å². The highest BCUT2D eigenvalue weighted by atomic mass is 16.6. The molecule has 0 amide bonds. The van der Waals surface area contributed by atoms with E-state index in [0.29, 0.717) is 12.5 Å². The van der Waals surface area contributed by atoms with Gasteiger partial charge in [-0.15, -0.1) is 0 Å². The number of hydrogen-bond donors (Lipinski definition) is 1. The average Bonchev–Trinajstić information content (AvgIpc) is 2.94. The largest absolute Gasteiger partial charge is 0.388 e. The summed E-state index contributed by atoms with van der Waals surface area (Å²) in [6.07, 6.45) is 2.39. The third-order valence-corrected chi connectivity index (χ3v) is 4.99. The third kappa shape index (κ3) is 3.15. The Hall–Kier alpha value is -0.900. The fourth-order valence-electron chi connectivity index (χ4n) is 3.55. The zero-order chi connectivity index (χ0) is 14.9. The minimum atomic E-state index is -0.396. The molecule has 2 saturated heterocycles. The van der Waals surface area contributed by atoms with E-state index in [1.165, 1.54) is 5.56 Å². The van der Waals surface area contributed by atoms with E-state index in [1.54, 1.807) is 0 Å². The van der Waals surface area contributed by atoms with Crippen molar-refractivity contribution in [3.63, 3.8) is 0 Å².